The maximum atomic E-state index is 6.06. The number of nitrogens with zero attached hydrogens (tertiary/aromatic N) is 1. The van der Waals surface area contributed by atoms with Crippen LogP contribution in [-0.2, 0) is 23.5 Å². The van der Waals surface area contributed by atoms with Crippen molar-refractivity contribution in [2.24, 2.45) is 0 Å². The molecule has 6 heteroatoms. The fraction of sp³-hybridized carbons (Fsp3) is 0.429. The molecule has 0 amide bonds. The highest BCUT2D eigenvalue weighted by Crippen LogP contribution is 2.34. The molecule has 0 radical (unpaired) electrons. The molecule has 2 aliphatic rings. The Morgan fingerprint density at radius 3 is 2.41 bits per heavy atom. The number of fused-ring (bicyclic) bond motifs is 1. The first kappa shape index (κ1) is 18.3. The van der Waals surface area contributed by atoms with Crippen LogP contribution in [0.3, 0.4) is 0 Å². The first-order valence-electron chi connectivity index (χ1n) is 9.34. The Morgan fingerprint density at radius 2 is 1.78 bits per heavy atom. The molecule has 0 saturated carbocycles. The molecule has 6 nitrogen and oxygen atoms in total. The molecule has 0 bridgehead atoms. The van der Waals surface area contributed by atoms with Crippen LogP contribution in [0.5, 0.6) is 11.5 Å². The molecule has 2 aliphatic heterocycles. The van der Waals surface area contributed by atoms with E-state index in [1.54, 1.807) is 14.2 Å². The number of rotatable bonds is 4. The van der Waals surface area contributed by atoms with Gasteiger partial charge in [0, 0.05) is 19.6 Å². The molecule has 0 spiro atoms. The summed E-state index contributed by atoms with van der Waals surface area (Å²) in [6.07, 6.45) is 0.939. The van der Waals surface area contributed by atoms with Gasteiger partial charge in [0.2, 0.25) is 0 Å². The Balaban J connectivity index is 1.45. The van der Waals surface area contributed by atoms with Gasteiger partial charge in [-0.3, -0.25) is 15.1 Å². The molecular weight excluding hydrogens is 342 g/mol. The van der Waals surface area contributed by atoms with Crippen LogP contribution in [0.25, 0.3) is 0 Å². The van der Waals surface area contributed by atoms with Gasteiger partial charge in [0.05, 0.1) is 14.2 Å². The van der Waals surface area contributed by atoms with Gasteiger partial charge in [-0.1, -0.05) is 30.3 Å². The average molecular weight is 369 g/mol. The normalized spacial score (nSPS) is 25.7. The van der Waals surface area contributed by atoms with Gasteiger partial charge in [-0.05, 0) is 42.2 Å². The maximum Gasteiger partial charge on any atom is 0.161 e. The quantitative estimate of drug-likeness (QED) is 0.863. The lowest BCUT2D eigenvalue weighted by atomic mass is 9.98. The van der Waals surface area contributed by atoms with Crippen LogP contribution in [0.4, 0.5) is 0 Å². The van der Waals surface area contributed by atoms with E-state index < -0.39 is 0 Å². The van der Waals surface area contributed by atoms with Crippen LogP contribution >= 0.6 is 0 Å². The summed E-state index contributed by atoms with van der Waals surface area (Å²) in [6, 6.07) is 14.5. The monoisotopic (exact) mass is 369 g/mol. The minimum Gasteiger partial charge on any atom is -0.493 e. The number of hydrogen-bond donors (Lipinski definition) is 2. The summed E-state index contributed by atoms with van der Waals surface area (Å²) in [5.74, 6) is 1.57. The smallest absolute Gasteiger partial charge is 0.161 e. The molecule has 1 saturated heterocycles. The van der Waals surface area contributed by atoms with E-state index in [1.165, 1.54) is 11.1 Å². The molecule has 2 unspecified atom stereocenters. The molecule has 1 fully saturated rings. The highest BCUT2D eigenvalue weighted by Gasteiger charge is 2.36. The average Bonchev–Trinajstić information content (AvgIpc) is 2.73. The second-order valence-electron chi connectivity index (χ2n) is 7.24. The van der Waals surface area contributed by atoms with E-state index in [4.69, 9.17) is 14.3 Å². The third-order valence-electron chi connectivity index (χ3n) is 5.54. The number of ether oxygens (including phenoxy) is 2. The molecule has 2 aromatic carbocycles. The summed E-state index contributed by atoms with van der Waals surface area (Å²) in [5, 5.41) is 3.60. The number of methoxy groups -OCH3 is 2. The molecule has 0 aromatic heterocycles. The largest absolute Gasteiger partial charge is 0.493 e. The standard InChI is InChI=1S/C21H27N3O3/c1-21(17-7-5-4-6-8-17)22-13-20(27-23-21)24-10-9-15-11-18(25-2)19(26-3)12-16(15)14-24/h4-8,11-12,20,22-23H,9-10,13-14H2,1-3H3. The Labute approximate surface area is 160 Å². The van der Waals surface area contributed by atoms with Crippen molar-refractivity contribution in [3.8, 4) is 11.5 Å². The van der Waals surface area contributed by atoms with Crippen molar-refractivity contribution in [1.29, 1.82) is 0 Å². The molecular formula is C21H27N3O3. The van der Waals surface area contributed by atoms with Crippen molar-refractivity contribution in [2.45, 2.75) is 31.8 Å². The molecule has 144 valence electrons. The second-order valence-corrected chi connectivity index (χ2v) is 7.24. The molecule has 2 heterocycles. The third kappa shape index (κ3) is 3.53. The van der Waals surface area contributed by atoms with E-state index in [-0.39, 0.29) is 11.9 Å². The number of hydrogen-bond acceptors (Lipinski definition) is 6. The molecule has 4 rings (SSSR count). The Kier molecular flexibility index (Phi) is 5.06. The third-order valence-corrected chi connectivity index (χ3v) is 5.54. The Bertz CT molecular complexity index is 789. The van der Waals surface area contributed by atoms with Crippen molar-refractivity contribution in [1.82, 2.24) is 15.7 Å². The van der Waals surface area contributed by atoms with Crippen LogP contribution in [0.1, 0.15) is 23.6 Å². The predicted molar refractivity (Wildman–Crippen MR) is 103 cm³/mol. The predicted octanol–water partition coefficient (Wildman–Crippen LogP) is 2.39. The van der Waals surface area contributed by atoms with E-state index in [1.807, 2.05) is 18.2 Å². The number of nitrogens with one attached hydrogen (secondary N) is 2. The van der Waals surface area contributed by atoms with Gasteiger partial charge in [-0.15, -0.1) is 0 Å². The fourth-order valence-electron chi connectivity index (χ4n) is 3.84. The number of hydroxylamine groups is 1. The first-order valence-corrected chi connectivity index (χ1v) is 9.34. The highest BCUT2D eigenvalue weighted by molar-refractivity contribution is 5.48. The van der Waals surface area contributed by atoms with Gasteiger partial charge in [-0.2, -0.15) is 5.48 Å². The summed E-state index contributed by atoms with van der Waals surface area (Å²) >= 11 is 0. The zero-order valence-electron chi connectivity index (χ0n) is 16.1. The minimum absolute atomic E-state index is 0.0250. The van der Waals surface area contributed by atoms with Gasteiger partial charge in [0.1, 0.15) is 11.9 Å². The van der Waals surface area contributed by atoms with Crippen molar-refractivity contribution in [3.63, 3.8) is 0 Å². The maximum absolute atomic E-state index is 6.06. The van der Waals surface area contributed by atoms with Gasteiger partial charge in [0.25, 0.3) is 0 Å². The van der Waals surface area contributed by atoms with Gasteiger partial charge >= 0.3 is 0 Å². The highest BCUT2D eigenvalue weighted by atomic mass is 16.7. The summed E-state index contributed by atoms with van der Waals surface area (Å²) < 4.78 is 10.9. The van der Waals surface area contributed by atoms with E-state index in [9.17, 15) is 0 Å². The van der Waals surface area contributed by atoms with Crippen molar-refractivity contribution in [2.75, 3.05) is 27.3 Å². The summed E-state index contributed by atoms with van der Waals surface area (Å²) in [6.45, 7) is 4.62. The van der Waals surface area contributed by atoms with Crippen LogP contribution in [0, 0.1) is 0 Å². The second kappa shape index (κ2) is 7.48. The van der Waals surface area contributed by atoms with Crippen LogP contribution < -0.4 is 20.3 Å². The van der Waals surface area contributed by atoms with Crippen LogP contribution in [0.15, 0.2) is 42.5 Å². The summed E-state index contributed by atoms with van der Waals surface area (Å²) in [7, 11) is 3.35. The Hall–Kier alpha value is -2.12. The molecule has 2 N–H and O–H groups in total. The molecule has 27 heavy (non-hydrogen) atoms. The van der Waals surface area contributed by atoms with E-state index in [0.717, 1.165) is 43.1 Å². The number of benzene rings is 2. The van der Waals surface area contributed by atoms with Crippen LogP contribution in [-0.4, -0.2) is 38.4 Å². The van der Waals surface area contributed by atoms with Gasteiger partial charge in [-0.25, -0.2) is 0 Å². The molecule has 2 atom stereocenters. The summed E-state index contributed by atoms with van der Waals surface area (Å²) in [4.78, 5) is 8.41. The van der Waals surface area contributed by atoms with Gasteiger partial charge < -0.3 is 9.47 Å². The Morgan fingerprint density at radius 1 is 1.07 bits per heavy atom. The van der Waals surface area contributed by atoms with Crippen molar-refractivity contribution < 1.29 is 14.3 Å². The molecule has 2 aromatic rings. The van der Waals surface area contributed by atoms with Gasteiger partial charge in [0.15, 0.2) is 11.5 Å². The minimum atomic E-state index is -0.387. The van der Waals surface area contributed by atoms with Crippen LogP contribution in [0.2, 0.25) is 0 Å². The zero-order chi connectivity index (χ0) is 18.9. The fourth-order valence-corrected chi connectivity index (χ4v) is 3.84. The van der Waals surface area contributed by atoms with E-state index in [2.05, 4.69) is 46.9 Å². The van der Waals surface area contributed by atoms with E-state index >= 15 is 0 Å². The van der Waals surface area contributed by atoms with E-state index in [0.29, 0.717) is 0 Å². The first-order chi connectivity index (χ1) is 13.1. The van der Waals surface area contributed by atoms with Crippen molar-refractivity contribution in [3.05, 3.63) is 59.2 Å². The molecule has 0 aliphatic carbocycles. The zero-order valence-corrected chi connectivity index (χ0v) is 16.1. The van der Waals surface area contributed by atoms with Crippen molar-refractivity contribution >= 4 is 0 Å². The SMILES string of the molecule is COc1cc2c(cc1OC)CN(C1CNC(C)(c3ccccc3)NO1)CC2. The lowest BCUT2D eigenvalue weighted by Gasteiger charge is -2.44. The lowest BCUT2D eigenvalue weighted by molar-refractivity contribution is -0.180. The lowest BCUT2D eigenvalue weighted by Crippen LogP contribution is -2.63. The summed E-state index contributed by atoms with van der Waals surface area (Å²) in [5.41, 5.74) is 6.57. The topological polar surface area (TPSA) is 55.0 Å².